The van der Waals surface area contributed by atoms with Crippen LogP contribution in [-0.2, 0) is 19.1 Å². The van der Waals surface area contributed by atoms with Crippen molar-refractivity contribution in [3.8, 4) is 0 Å². The fourth-order valence-electron chi connectivity index (χ4n) is 2.38. The molecule has 3 N–H and O–H groups in total. The largest absolute Gasteiger partial charge is 0.454 e. The first-order valence-electron chi connectivity index (χ1n) is 8.94. The molecule has 8 nitrogen and oxygen atoms in total. The summed E-state index contributed by atoms with van der Waals surface area (Å²) in [5.74, 6) is -1.96. The van der Waals surface area contributed by atoms with E-state index in [1.807, 2.05) is 0 Å². The van der Waals surface area contributed by atoms with Gasteiger partial charge in [-0.15, -0.1) is 11.3 Å². The number of nitrogens with one attached hydrogen (secondary N) is 3. The summed E-state index contributed by atoms with van der Waals surface area (Å²) in [6.07, 6.45) is 0. The molecule has 0 saturated heterocycles. The number of carbonyl (C=O) groups excluding carboxylic acids is 4. The highest BCUT2D eigenvalue weighted by atomic mass is 32.1. The number of rotatable bonds is 8. The van der Waals surface area contributed by atoms with Gasteiger partial charge in [0, 0.05) is 18.3 Å². The summed E-state index contributed by atoms with van der Waals surface area (Å²) in [5, 5.41) is 9.63. The van der Waals surface area contributed by atoms with Gasteiger partial charge >= 0.3 is 5.97 Å². The van der Waals surface area contributed by atoms with E-state index in [1.54, 1.807) is 55.6 Å². The molecule has 1 atom stereocenters. The van der Waals surface area contributed by atoms with Crippen LogP contribution in [0.5, 0.6) is 0 Å². The van der Waals surface area contributed by atoms with Gasteiger partial charge in [0.1, 0.15) is 6.04 Å². The maximum atomic E-state index is 12.3. The summed E-state index contributed by atoms with van der Waals surface area (Å²) < 4.78 is 5.07. The molecule has 154 valence electrons. The molecule has 1 aromatic carbocycles. The predicted molar refractivity (Wildman–Crippen MR) is 111 cm³/mol. The molecule has 0 bridgehead atoms. The number of anilines is 2. The Bertz CT molecular complexity index is 863. The number of hydrogen-bond acceptors (Lipinski definition) is 6. The van der Waals surface area contributed by atoms with Crippen LogP contribution in [0.3, 0.4) is 0 Å². The van der Waals surface area contributed by atoms with E-state index in [0.717, 1.165) is 0 Å². The van der Waals surface area contributed by atoms with E-state index < -0.39 is 24.5 Å². The molecule has 9 heteroatoms. The standard InChI is InChI=1S/C20H23N3O5S/c1-12(2)18(23-19(26)16-5-4-10-29-16)20(27)28-11-17(25)22-15-8-6-14(7-9-15)21-13(3)24/h4-10,12,18H,11H2,1-3H3,(H,21,24)(H,22,25)(H,23,26)/t18-/m1/s1. The molecular weight excluding hydrogens is 394 g/mol. The Morgan fingerprint density at radius 1 is 1.00 bits per heavy atom. The SMILES string of the molecule is CC(=O)Nc1ccc(NC(=O)COC(=O)[C@H](NC(=O)c2cccs2)C(C)C)cc1. The molecule has 1 aromatic heterocycles. The monoisotopic (exact) mass is 417 g/mol. The first kappa shape index (κ1) is 22.1. The van der Waals surface area contributed by atoms with Crippen molar-refractivity contribution in [1.29, 1.82) is 0 Å². The third-order valence-electron chi connectivity index (χ3n) is 3.79. The Morgan fingerprint density at radius 3 is 2.14 bits per heavy atom. The molecular formula is C20H23N3O5S. The van der Waals surface area contributed by atoms with Gasteiger partial charge in [-0.3, -0.25) is 14.4 Å². The van der Waals surface area contributed by atoms with Crippen LogP contribution in [0.1, 0.15) is 30.4 Å². The second-order valence-electron chi connectivity index (χ2n) is 6.59. The van der Waals surface area contributed by atoms with Gasteiger partial charge < -0.3 is 20.7 Å². The van der Waals surface area contributed by atoms with Crippen molar-refractivity contribution in [2.24, 2.45) is 5.92 Å². The summed E-state index contributed by atoms with van der Waals surface area (Å²) in [6.45, 7) is 4.47. The molecule has 2 rings (SSSR count). The molecule has 29 heavy (non-hydrogen) atoms. The molecule has 0 aliphatic heterocycles. The Kier molecular flexibility index (Phi) is 7.90. The van der Waals surface area contributed by atoms with Crippen molar-refractivity contribution in [2.75, 3.05) is 17.2 Å². The lowest BCUT2D eigenvalue weighted by Gasteiger charge is -2.20. The lowest BCUT2D eigenvalue weighted by atomic mass is 10.0. The van der Waals surface area contributed by atoms with E-state index in [1.165, 1.54) is 18.3 Å². The number of amides is 3. The fraction of sp³-hybridized carbons (Fsp3) is 0.300. The van der Waals surface area contributed by atoms with Crippen LogP contribution in [0.2, 0.25) is 0 Å². The Hall–Kier alpha value is -3.20. The zero-order chi connectivity index (χ0) is 21.4. The van der Waals surface area contributed by atoms with E-state index >= 15 is 0 Å². The lowest BCUT2D eigenvalue weighted by Crippen LogP contribution is -2.45. The van der Waals surface area contributed by atoms with E-state index in [9.17, 15) is 19.2 Å². The number of ether oxygens (including phenoxy) is 1. The van der Waals surface area contributed by atoms with Crippen molar-refractivity contribution >= 4 is 46.4 Å². The van der Waals surface area contributed by atoms with Gasteiger partial charge in [0.25, 0.3) is 11.8 Å². The second-order valence-corrected chi connectivity index (χ2v) is 7.53. The number of hydrogen-bond donors (Lipinski definition) is 3. The van der Waals surface area contributed by atoms with Gasteiger partial charge in [-0.1, -0.05) is 19.9 Å². The minimum atomic E-state index is -0.866. The molecule has 0 unspecified atom stereocenters. The maximum absolute atomic E-state index is 12.3. The third-order valence-corrected chi connectivity index (χ3v) is 4.66. The highest BCUT2D eigenvalue weighted by Gasteiger charge is 2.27. The third kappa shape index (κ3) is 7.04. The summed E-state index contributed by atoms with van der Waals surface area (Å²) in [6, 6.07) is 9.04. The van der Waals surface area contributed by atoms with Gasteiger partial charge in [-0.2, -0.15) is 0 Å². The molecule has 2 aromatic rings. The number of carbonyl (C=O) groups is 4. The first-order chi connectivity index (χ1) is 13.8. The van der Waals surface area contributed by atoms with Crippen molar-refractivity contribution in [2.45, 2.75) is 26.8 Å². The van der Waals surface area contributed by atoms with Crippen LogP contribution in [0, 0.1) is 5.92 Å². The number of esters is 1. The number of thiophene rings is 1. The smallest absolute Gasteiger partial charge is 0.329 e. The highest BCUT2D eigenvalue weighted by Crippen LogP contribution is 2.14. The van der Waals surface area contributed by atoms with Crippen LogP contribution >= 0.6 is 11.3 Å². The normalized spacial score (nSPS) is 11.4. The molecule has 0 saturated carbocycles. The molecule has 0 radical (unpaired) electrons. The quantitative estimate of drug-likeness (QED) is 0.572. The molecule has 0 aliphatic rings. The molecule has 3 amide bonds. The fourth-order valence-corrected chi connectivity index (χ4v) is 3.01. The molecule has 1 heterocycles. The van der Waals surface area contributed by atoms with Crippen LogP contribution in [0.25, 0.3) is 0 Å². The van der Waals surface area contributed by atoms with E-state index in [0.29, 0.717) is 16.3 Å². The van der Waals surface area contributed by atoms with Crippen molar-refractivity contribution in [1.82, 2.24) is 5.32 Å². The maximum Gasteiger partial charge on any atom is 0.329 e. The minimum Gasteiger partial charge on any atom is -0.454 e. The first-order valence-corrected chi connectivity index (χ1v) is 9.82. The Labute approximate surface area is 172 Å². The van der Waals surface area contributed by atoms with Gasteiger partial charge in [0.2, 0.25) is 5.91 Å². The average Bonchev–Trinajstić information content (AvgIpc) is 3.20. The molecule has 0 fully saturated rings. The van der Waals surface area contributed by atoms with Gasteiger partial charge in [0.15, 0.2) is 6.61 Å². The summed E-state index contributed by atoms with van der Waals surface area (Å²) >= 11 is 1.27. The van der Waals surface area contributed by atoms with Crippen molar-refractivity contribution in [3.63, 3.8) is 0 Å². The minimum absolute atomic E-state index is 0.195. The molecule has 0 spiro atoms. The summed E-state index contributed by atoms with van der Waals surface area (Å²) in [5.41, 5.74) is 1.09. The Balaban J connectivity index is 1.86. The molecule has 0 aliphatic carbocycles. The van der Waals surface area contributed by atoms with Crippen molar-refractivity contribution in [3.05, 3.63) is 46.7 Å². The summed E-state index contributed by atoms with van der Waals surface area (Å²) in [7, 11) is 0. The zero-order valence-corrected chi connectivity index (χ0v) is 17.2. The van der Waals surface area contributed by atoms with Crippen LogP contribution in [0.4, 0.5) is 11.4 Å². The van der Waals surface area contributed by atoms with Crippen LogP contribution < -0.4 is 16.0 Å². The number of benzene rings is 1. The van der Waals surface area contributed by atoms with Gasteiger partial charge in [-0.25, -0.2) is 4.79 Å². The zero-order valence-electron chi connectivity index (χ0n) is 16.4. The van der Waals surface area contributed by atoms with E-state index in [-0.39, 0.29) is 17.7 Å². The summed E-state index contributed by atoms with van der Waals surface area (Å²) in [4.78, 5) is 48.1. The average molecular weight is 417 g/mol. The van der Waals surface area contributed by atoms with E-state index in [4.69, 9.17) is 4.74 Å². The highest BCUT2D eigenvalue weighted by molar-refractivity contribution is 7.12. The van der Waals surface area contributed by atoms with Crippen LogP contribution in [0.15, 0.2) is 41.8 Å². The van der Waals surface area contributed by atoms with Gasteiger partial charge in [0.05, 0.1) is 4.88 Å². The van der Waals surface area contributed by atoms with Crippen LogP contribution in [-0.4, -0.2) is 36.3 Å². The van der Waals surface area contributed by atoms with E-state index in [2.05, 4.69) is 16.0 Å². The van der Waals surface area contributed by atoms with Crippen molar-refractivity contribution < 1.29 is 23.9 Å². The lowest BCUT2D eigenvalue weighted by molar-refractivity contribution is -0.150. The topological polar surface area (TPSA) is 114 Å². The predicted octanol–water partition coefficient (Wildman–Crippen LogP) is 2.64. The Morgan fingerprint density at radius 2 is 1.62 bits per heavy atom. The van der Waals surface area contributed by atoms with Gasteiger partial charge in [-0.05, 0) is 41.6 Å². The second kappa shape index (κ2) is 10.4.